The zero-order chi connectivity index (χ0) is 24.9. The minimum atomic E-state index is -0.124. The van der Waals surface area contributed by atoms with Crippen LogP contribution in [0.15, 0.2) is 96.4 Å². The maximum atomic E-state index is 12.7. The molecule has 0 fully saturated rings. The highest BCUT2D eigenvalue weighted by atomic mass is 35.5. The van der Waals surface area contributed by atoms with Crippen molar-refractivity contribution in [1.29, 1.82) is 0 Å². The number of carbonyl (C=O) groups excluding carboxylic acids is 1. The molecule has 0 aliphatic rings. The number of nitrogens with one attached hydrogen (secondary N) is 1. The molecule has 2 heterocycles. The second-order valence-corrected chi connectivity index (χ2v) is 9.84. The fraction of sp³-hybridized carbons (Fsp3) is 0.138. The molecule has 36 heavy (non-hydrogen) atoms. The van der Waals surface area contributed by atoms with Crippen molar-refractivity contribution in [2.24, 2.45) is 0 Å². The van der Waals surface area contributed by atoms with Crippen LogP contribution in [0.3, 0.4) is 0 Å². The van der Waals surface area contributed by atoms with Gasteiger partial charge in [-0.1, -0.05) is 66.7 Å². The van der Waals surface area contributed by atoms with Gasteiger partial charge in [-0.3, -0.25) is 9.78 Å². The van der Waals surface area contributed by atoms with Crippen LogP contribution in [-0.4, -0.2) is 20.4 Å². The first-order chi connectivity index (χ1) is 17.6. The summed E-state index contributed by atoms with van der Waals surface area (Å²) in [7, 11) is 0. The topological polar surface area (TPSA) is 59.8 Å². The van der Waals surface area contributed by atoms with Crippen LogP contribution < -0.4 is 5.32 Å². The molecule has 1 amide bonds. The lowest BCUT2D eigenvalue weighted by Crippen LogP contribution is -2.12. The fourth-order valence-electron chi connectivity index (χ4n) is 3.96. The number of fused-ring (bicyclic) bond motifs is 1. The highest BCUT2D eigenvalue weighted by Gasteiger charge is 2.13. The molecule has 0 saturated heterocycles. The summed E-state index contributed by atoms with van der Waals surface area (Å²) in [6.07, 6.45) is 4.57. The van der Waals surface area contributed by atoms with Crippen LogP contribution in [0, 0.1) is 0 Å². The van der Waals surface area contributed by atoms with E-state index in [1.165, 1.54) is 5.56 Å². The Morgan fingerprint density at radius 1 is 0.972 bits per heavy atom. The van der Waals surface area contributed by atoms with Crippen LogP contribution in [0.25, 0.3) is 11.0 Å². The van der Waals surface area contributed by atoms with E-state index >= 15 is 0 Å². The normalized spacial score (nSPS) is 11.1. The number of benzene rings is 3. The zero-order valence-electron chi connectivity index (χ0n) is 19.8. The molecular weight excluding hydrogens is 488 g/mol. The molecule has 0 radical (unpaired) electrons. The Bertz CT molecular complexity index is 1500. The number of aryl methyl sites for hydroxylation is 1. The second-order valence-electron chi connectivity index (χ2n) is 8.47. The number of aromatic nitrogens is 3. The molecule has 0 aliphatic carbocycles. The van der Waals surface area contributed by atoms with E-state index < -0.39 is 0 Å². The van der Waals surface area contributed by atoms with Crippen LogP contribution in [0.4, 0.5) is 5.69 Å². The lowest BCUT2D eigenvalue weighted by Gasteiger charge is -2.10. The first-order valence-corrected chi connectivity index (χ1v) is 13.1. The molecule has 5 nitrogen and oxygen atoms in total. The summed E-state index contributed by atoms with van der Waals surface area (Å²) in [6, 6.07) is 25.4. The van der Waals surface area contributed by atoms with E-state index in [4.69, 9.17) is 16.6 Å². The Morgan fingerprint density at radius 2 is 1.75 bits per heavy atom. The van der Waals surface area contributed by atoms with E-state index in [9.17, 15) is 4.79 Å². The van der Waals surface area contributed by atoms with Crippen LogP contribution in [-0.2, 0) is 18.7 Å². The van der Waals surface area contributed by atoms with Crippen molar-refractivity contribution in [2.75, 3.05) is 5.32 Å². The summed E-state index contributed by atoms with van der Waals surface area (Å²) in [5, 5.41) is 4.61. The average molecular weight is 513 g/mol. The second kappa shape index (κ2) is 11.0. The quantitative estimate of drug-likeness (QED) is 0.223. The summed E-state index contributed by atoms with van der Waals surface area (Å²) < 4.78 is 2.17. The van der Waals surface area contributed by atoms with Crippen molar-refractivity contribution in [3.8, 4) is 0 Å². The first-order valence-electron chi connectivity index (χ1n) is 11.8. The smallest absolute Gasteiger partial charge is 0.255 e. The van der Waals surface area contributed by atoms with Crippen LogP contribution in [0.5, 0.6) is 0 Å². The van der Waals surface area contributed by atoms with Gasteiger partial charge in [0.15, 0.2) is 5.16 Å². The molecule has 7 heteroatoms. The van der Waals surface area contributed by atoms with E-state index in [1.54, 1.807) is 18.0 Å². The van der Waals surface area contributed by atoms with Gasteiger partial charge in [-0.25, -0.2) is 4.98 Å². The number of anilines is 1. The van der Waals surface area contributed by atoms with E-state index in [0.29, 0.717) is 12.1 Å². The number of carbonyl (C=O) groups is 1. The zero-order valence-corrected chi connectivity index (χ0v) is 21.4. The van der Waals surface area contributed by atoms with Gasteiger partial charge in [0, 0.05) is 28.2 Å². The van der Waals surface area contributed by atoms with Gasteiger partial charge >= 0.3 is 0 Å². The van der Waals surface area contributed by atoms with Crippen molar-refractivity contribution in [1.82, 2.24) is 14.5 Å². The Labute approximate surface area is 219 Å². The molecule has 0 bridgehead atoms. The SMILES string of the molecule is CCc1ccc(NC(=O)c2ccc(Cn3c(SCc4cccc(Cl)c4)nc4ccncc43)cc2)cc1. The molecule has 1 N–H and O–H groups in total. The maximum absolute atomic E-state index is 12.7. The Hall–Kier alpha value is -3.61. The summed E-state index contributed by atoms with van der Waals surface area (Å²) in [4.78, 5) is 21.9. The van der Waals surface area contributed by atoms with Gasteiger partial charge in [0.2, 0.25) is 0 Å². The van der Waals surface area contributed by atoms with Gasteiger partial charge in [-0.05, 0) is 65.6 Å². The van der Waals surface area contributed by atoms with Crippen molar-refractivity contribution in [3.63, 3.8) is 0 Å². The molecule has 0 aliphatic heterocycles. The lowest BCUT2D eigenvalue weighted by atomic mass is 10.1. The number of hydrogen-bond donors (Lipinski definition) is 1. The lowest BCUT2D eigenvalue weighted by molar-refractivity contribution is 0.102. The third-order valence-corrected chi connectivity index (χ3v) is 7.23. The van der Waals surface area contributed by atoms with Crippen LogP contribution >= 0.6 is 23.4 Å². The van der Waals surface area contributed by atoms with Crippen LogP contribution in [0.2, 0.25) is 5.02 Å². The van der Waals surface area contributed by atoms with Gasteiger partial charge in [0.25, 0.3) is 5.91 Å². The molecule has 0 saturated carbocycles. The van der Waals surface area contributed by atoms with E-state index in [-0.39, 0.29) is 5.91 Å². The summed E-state index contributed by atoms with van der Waals surface area (Å²) in [5.74, 6) is 0.635. The minimum Gasteiger partial charge on any atom is -0.322 e. The number of imidazole rings is 1. The molecule has 5 aromatic rings. The van der Waals surface area contributed by atoms with Crippen molar-refractivity contribution in [3.05, 3.63) is 119 Å². The molecule has 3 aromatic carbocycles. The van der Waals surface area contributed by atoms with E-state index in [2.05, 4.69) is 27.9 Å². The monoisotopic (exact) mass is 512 g/mol. The van der Waals surface area contributed by atoms with Crippen molar-refractivity contribution in [2.45, 2.75) is 30.8 Å². The number of amides is 1. The highest BCUT2D eigenvalue weighted by Crippen LogP contribution is 2.28. The average Bonchev–Trinajstić information content (AvgIpc) is 3.25. The van der Waals surface area contributed by atoms with Gasteiger partial charge in [-0.15, -0.1) is 0 Å². The predicted octanol–water partition coefficient (Wildman–Crippen LogP) is 7.24. The summed E-state index contributed by atoms with van der Waals surface area (Å²) >= 11 is 7.82. The molecule has 0 spiro atoms. The third kappa shape index (κ3) is 5.61. The number of pyridine rings is 1. The molecular formula is C29H25ClN4OS. The fourth-order valence-corrected chi connectivity index (χ4v) is 5.13. The Kier molecular flexibility index (Phi) is 7.35. The standard InChI is InChI=1S/C29H25ClN4OS/c1-2-20-8-12-25(13-9-20)32-28(35)23-10-6-21(7-11-23)18-34-27-17-31-15-14-26(27)33-29(34)36-19-22-4-3-5-24(30)16-22/h3-17H,2,18-19H2,1H3,(H,32,35). The highest BCUT2D eigenvalue weighted by molar-refractivity contribution is 7.98. The number of halogens is 1. The molecule has 2 aromatic heterocycles. The number of rotatable bonds is 8. The van der Waals surface area contributed by atoms with E-state index in [0.717, 1.165) is 50.2 Å². The van der Waals surface area contributed by atoms with Gasteiger partial charge in [0.1, 0.15) is 0 Å². The summed E-state index contributed by atoms with van der Waals surface area (Å²) in [5.41, 5.74) is 6.75. The molecule has 5 rings (SSSR count). The first kappa shape index (κ1) is 24.1. The van der Waals surface area contributed by atoms with Crippen molar-refractivity contribution < 1.29 is 4.79 Å². The third-order valence-electron chi connectivity index (χ3n) is 5.95. The summed E-state index contributed by atoms with van der Waals surface area (Å²) in [6.45, 7) is 2.74. The largest absolute Gasteiger partial charge is 0.322 e. The molecule has 0 unspecified atom stereocenters. The Balaban J connectivity index is 1.32. The van der Waals surface area contributed by atoms with Gasteiger partial charge < -0.3 is 9.88 Å². The predicted molar refractivity (Wildman–Crippen MR) is 148 cm³/mol. The number of nitrogens with zero attached hydrogens (tertiary/aromatic N) is 3. The molecule has 0 atom stereocenters. The number of thioether (sulfide) groups is 1. The van der Waals surface area contributed by atoms with E-state index in [1.807, 2.05) is 79.0 Å². The van der Waals surface area contributed by atoms with Crippen molar-refractivity contribution >= 4 is 46.0 Å². The number of hydrogen-bond acceptors (Lipinski definition) is 4. The van der Waals surface area contributed by atoms with Gasteiger partial charge in [-0.2, -0.15) is 0 Å². The molecule has 180 valence electrons. The van der Waals surface area contributed by atoms with Crippen LogP contribution in [0.1, 0.15) is 34.0 Å². The Morgan fingerprint density at radius 3 is 2.50 bits per heavy atom. The van der Waals surface area contributed by atoms with Gasteiger partial charge in [0.05, 0.1) is 23.8 Å². The minimum absolute atomic E-state index is 0.124. The maximum Gasteiger partial charge on any atom is 0.255 e.